The van der Waals surface area contributed by atoms with Crippen LogP contribution in [-0.2, 0) is 14.3 Å². The maximum Gasteiger partial charge on any atom is 0.408 e. The molecular weight excluding hydrogens is 332 g/mol. The Hall–Kier alpha value is -2.24. The fourth-order valence-corrected chi connectivity index (χ4v) is 2.28. The molecule has 3 atom stereocenters. The summed E-state index contributed by atoms with van der Waals surface area (Å²) >= 11 is 0. The average molecular weight is 364 g/mol. The van der Waals surface area contributed by atoms with Gasteiger partial charge >= 0.3 is 12.1 Å². The number of alkyl carbamates (subject to hydrolysis) is 1. The molecule has 1 amide bonds. The molecule has 0 unspecified atom stereocenters. The Morgan fingerprint density at radius 2 is 1.58 bits per heavy atom. The first kappa shape index (κ1) is 21.8. The normalized spacial score (nSPS) is 14.8. The van der Waals surface area contributed by atoms with Crippen molar-refractivity contribution in [3.05, 3.63) is 29.8 Å². The van der Waals surface area contributed by atoms with Gasteiger partial charge in [0.2, 0.25) is 0 Å². The number of hydrogen-bond donors (Lipinski definition) is 1. The lowest BCUT2D eigenvalue weighted by molar-refractivity contribution is -0.151. The molecule has 0 saturated heterocycles. The van der Waals surface area contributed by atoms with Crippen molar-refractivity contribution in [3.63, 3.8) is 0 Å². The number of carbonyl (C=O) groups is 2. The molecule has 1 aromatic carbocycles. The highest BCUT2D eigenvalue weighted by molar-refractivity contribution is 5.81. The zero-order chi connectivity index (χ0) is 20.1. The largest absolute Gasteiger partial charge is 0.461 e. The number of hydrogen-bond acceptors (Lipinski definition) is 5. The summed E-state index contributed by atoms with van der Waals surface area (Å²) in [7, 11) is 3.98. The predicted octanol–water partition coefficient (Wildman–Crippen LogP) is 3.70. The zero-order valence-corrected chi connectivity index (χ0v) is 17.1. The SMILES string of the molecule is C[C@H](NC(=O)OC(C)(C)C)C(=O)O[C@@H](C)[C@@H](C)c1ccc(N(C)C)cc1. The number of amides is 1. The Kier molecular flexibility index (Phi) is 7.48. The topological polar surface area (TPSA) is 67.9 Å². The van der Waals surface area contributed by atoms with Crippen LogP contribution in [0.5, 0.6) is 0 Å². The number of rotatable bonds is 6. The van der Waals surface area contributed by atoms with Crippen LogP contribution in [0.4, 0.5) is 10.5 Å². The number of benzene rings is 1. The third-order valence-electron chi connectivity index (χ3n) is 4.03. The molecular formula is C20H32N2O4. The summed E-state index contributed by atoms with van der Waals surface area (Å²) in [4.78, 5) is 26.0. The molecule has 0 radical (unpaired) electrons. The van der Waals surface area contributed by atoms with E-state index in [2.05, 4.69) is 5.32 Å². The van der Waals surface area contributed by atoms with Crippen molar-refractivity contribution in [2.24, 2.45) is 0 Å². The molecule has 6 heteroatoms. The summed E-state index contributed by atoms with van der Waals surface area (Å²) in [5, 5.41) is 2.50. The van der Waals surface area contributed by atoms with Gasteiger partial charge in [0.25, 0.3) is 0 Å². The smallest absolute Gasteiger partial charge is 0.408 e. The van der Waals surface area contributed by atoms with Gasteiger partial charge in [0, 0.05) is 25.7 Å². The van der Waals surface area contributed by atoms with E-state index in [0.29, 0.717) is 0 Å². The fourth-order valence-electron chi connectivity index (χ4n) is 2.28. The number of ether oxygens (including phenoxy) is 2. The maximum absolute atomic E-state index is 12.2. The molecule has 0 saturated carbocycles. The summed E-state index contributed by atoms with van der Waals surface area (Å²) in [6, 6.07) is 7.36. The van der Waals surface area contributed by atoms with E-state index >= 15 is 0 Å². The van der Waals surface area contributed by atoms with E-state index in [4.69, 9.17) is 9.47 Å². The summed E-state index contributed by atoms with van der Waals surface area (Å²) in [6.45, 7) is 10.7. The third kappa shape index (κ3) is 6.94. The molecule has 0 spiro atoms. The van der Waals surface area contributed by atoms with E-state index in [9.17, 15) is 9.59 Å². The van der Waals surface area contributed by atoms with E-state index < -0.39 is 23.7 Å². The lowest BCUT2D eigenvalue weighted by Gasteiger charge is -2.24. The second-order valence-electron chi connectivity index (χ2n) is 7.78. The number of carbonyl (C=O) groups excluding carboxylic acids is 2. The maximum atomic E-state index is 12.2. The monoisotopic (exact) mass is 364 g/mol. The van der Waals surface area contributed by atoms with Gasteiger partial charge in [0.05, 0.1) is 0 Å². The molecule has 0 bridgehead atoms. The van der Waals surface area contributed by atoms with Crippen molar-refractivity contribution in [3.8, 4) is 0 Å². The molecule has 0 aliphatic carbocycles. The first-order valence-corrected chi connectivity index (χ1v) is 8.88. The second-order valence-corrected chi connectivity index (χ2v) is 7.78. The first-order chi connectivity index (χ1) is 11.9. The van der Waals surface area contributed by atoms with E-state index in [-0.39, 0.29) is 12.0 Å². The number of nitrogens with one attached hydrogen (secondary N) is 1. The van der Waals surface area contributed by atoms with Crippen LogP contribution in [0.3, 0.4) is 0 Å². The quantitative estimate of drug-likeness (QED) is 0.780. The minimum absolute atomic E-state index is 0.0314. The summed E-state index contributed by atoms with van der Waals surface area (Å²) < 4.78 is 10.7. The second kappa shape index (κ2) is 8.92. The number of anilines is 1. The Morgan fingerprint density at radius 1 is 1.04 bits per heavy atom. The van der Waals surface area contributed by atoms with Crippen molar-refractivity contribution < 1.29 is 19.1 Å². The summed E-state index contributed by atoms with van der Waals surface area (Å²) in [5.41, 5.74) is 1.58. The van der Waals surface area contributed by atoms with Crippen molar-refractivity contribution in [1.29, 1.82) is 0 Å². The van der Waals surface area contributed by atoms with Crippen molar-refractivity contribution in [2.45, 2.75) is 65.2 Å². The molecule has 0 aromatic heterocycles. The molecule has 1 rings (SSSR count). The summed E-state index contributed by atoms with van der Waals surface area (Å²) in [5.74, 6) is -0.455. The number of nitrogens with zero attached hydrogens (tertiary/aromatic N) is 1. The van der Waals surface area contributed by atoms with Gasteiger partial charge in [-0.2, -0.15) is 0 Å². The summed E-state index contributed by atoms with van der Waals surface area (Å²) in [6.07, 6.45) is -0.961. The molecule has 1 aromatic rings. The average Bonchev–Trinajstić information content (AvgIpc) is 2.52. The Labute approximate surface area is 156 Å². The van der Waals surface area contributed by atoms with Gasteiger partial charge in [-0.05, 0) is 52.3 Å². The van der Waals surface area contributed by atoms with Gasteiger partial charge in [-0.15, -0.1) is 0 Å². The Bertz CT molecular complexity index is 605. The standard InChI is InChI=1S/C20H32N2O4/c1-13(16-9-11-17(12-10-16)22(7)8)15(3)25-18(23)14(2)21-19(24)26-20(4,5)6/h9-15H,1-8H3,(H,21,24)/t13-,14+,15+/m1/s1. The van der Waals surface area contributed by atoms with Gasteiger partial charge in [-0.1, -0.05) is 19.1 Å². The van der Waals surface area contributed by atoms with Crippen LogP contribution < -0.4 is 10.2 Å². The van der Waals surface area contributed by atoms with Crippen LogP contribution in [0.2, 0.25) is 0 Å². The highest BCUT2D eigenvalue weighted by Gasteiger charge is 2.25. The highest BCUT2D eigenvalue weighted by atomic mass is 16.6. The predicted molar refractivity (Wildman–Crippen MR) is 104 cm³/mol. The van der Waals surface area contributed by atoms with Crippen molar-refractivity contribution in [1.82, 2.24) is 5.32 Å². The molecule has 0 heterocycles. The van der Waals surface area contributed by atoms with Gasteiger partial charge in [0.15, 0.2) is 0 Å². The molecule has 0 aliphatic heterocycles. The minimum atomic E-state index is -0.782. The van der Waals surface area contributed by atoms with Crippen molar-refractivity contribution >= 4 is 17.7 Å². The molecule has 26 heavy (non-hydrogen) atoms. The van der Waals surface area contributed by atoms with Crippen molar-refractivity contribution in [2.75, 3.05) is 19.0 Å². The number of esters is 1. The molecule has 0 aliphatic rings. The van der Waals surface area contributed by atoms with Crippen LogP contribution in [0, 0.1) is 0 Å². The van der Waals surface area contributed by atoms with E-state index in [1.165, 1.54) is 0 Å². The van der Waals surface area contributed by atoms with Crippen LogP contribution in [0.25, 0.3) is 0 Å². The van der Waals surface area contributed by atoms with Crippen LogP contribution in [-0.4, -0.2) is 43.9 Å². The highest BCUT2D eigenvalue weighted by Crippen LogP contribution is 2.24. The minimum Gasteiger partial charge on any atom is -0.461 e. The lowest BCUT2D eigenvalue weighted by atomic mass is 9.96. The molecule has 0 fully saturated rings. The van der Waals surface area contributed by atoms with Crippen LogP contribution >= 0.6 is 0 Å². The Morgan fingerprint density at radius 3 is 2.04 bits per heavy atom. The van der Waals surface area contributed by atoms with Gasteiger partial charge in [-0.3, -0.25) is 0 Å². The molecule has 6 nitrogen and oxygen atoms in total. The zero-order valence-electron chi connectivity index (χ0n) is 17.1. The van der Waals surface area contributed by atoms with E-state index in [1.807, 2.05) is 57.1 Å². The third-order valence-corrected chi connectivity index (χ3v) is 4.03. The van der Waals surface area contributed by atoms with Crippen LogP contribution in [0.15, 0.2) is 24.3 Å². The van der Waals surface area contributed by atoms with Gasteiger partial charge < -0.3 is 19.7 Å². The fraction of sp³-hybridized carbons (Fsp3) is 0.600. The van der Waals surface area contributed by atoms with Crippen LogP contribution in [0.1, 0.15) is 53.0 Å². The van der Waals surface area contributed by atoms with Gasteiger partial charge in [-0.25, -0.2) is 9.59 Å². The molecule has 1 N–H and O–H groups in total. The Balaban J connectivity index is 2.60. The first-order valence-electron chi connectivity index (χ1n) is 8.88. The van der Waals surface area contributed by atoms with Gasteiger partial charge in [0.1, 0.15) is 17.7 Å². The van der Waals surface area contributed by atoms with E-state index in [0.717, 1.165) is 11.3 Å². The van der Waals surface area contributed by atoms with E-state index in [1.54, 1.807) is 27.7 Å². The lowest BCUT2D eigenvalue weighted by Crippen LogP contribution is -2.43. The molecule has 146 valence electrons.